The van der Waals surface area contributed by atoms with Gasteiger partial charge in [0.15, 0.2) is 0 Å². The molecule has 1 N–H and O–H groups in total. The molecule has 4 atom stereocenters. The van der Waals surface area contributed by atoms with Crippen molar-refractivity contribution in [2.75, 3.05) is 16.8 Å². The zero-order valence-corrected chi connectivity index (χ0v) is 18.1. The molecule has 4 unspecified atom stereocenters. The highest BCUT2D eigenvalue weighted by Gasteiger charge is 2.71. The molecule has 3 aliphatic heterocycles. The van der Waals surface area contributed by atoms with Crippen LogP contribution in [0.4, 0.5) is 11.4 Å². The Morgan fingerprint density at radius 1 is 0.818 bits per heavy atom. The number of imide groups is 1. The molecule has 3 aliphatic rings. The van der Waals surface area contributed by atoms with Gasteiger partial charge in [0, 0.05) is 24.3 Å². The van der Waals surface area contributed by atoms with Gasteiger partial charge in [0.05, 0.1) is 17.5 Å². The normalized spacial score (nSPS) is 28.0. The van der Waals surface area contributed by atoms with Crippen LogP contribution in [0.5, 0.6) is 0 Å². The fraction of sp³-hybridized carbons (Fsp3) is 0.222. The molecule has 164 valence electrons. The summed E-state index contributed by atoms with van der Waals surface area (Å²) in [4.78, 5) is 44.4. The summed E-state index contributed by atoms with van der Waals surface area (Å²) in [5.41, 5.74) is 1.87. The Labute approximate surface area is 191 Å². The minimum Gasteiger partial charge on any atom is -0.313 e. The number of hydrogen-bond donors (Lipinski definition) is 1. The minimum atomic E-state index is -1.26. The van der Waals surface area contributed by atoms with E-state index in [1.54, 1.807) is 24.1 Å². The van der Waals surface area contributed by atoms with Crippen molar-refractivity contribution in [2.24, 2.45) is 11.8 Å². The monoisotopic (exact) mass is 437 g/mol. The molecule has 2 fully saturated rings. The number of likely N-dealkylation sites (N-methyl/N-ethyl adjacent to an activating group) is 1. The predicted molar refractivity (Wildman–Crippen MR) is 125 cm³/mol. The third-order valence-electron chi connectivity index (χ3n) is 7.31. The summed E-state index contributed by atoms with van der Waals surface area (Å²) in [6.45, 7) is 0. The van der Waals surface area contributed by atoms with Crippen molar-refractivity contribution >= 4 is 29.1 Å². The molecule has 0 bridgehead atoms. The molecule has 3 aromatic rings. The van der Waals surface area contributed by atoms with Crippen molar-refractivity contribution in [3.63, 3.8) is 0 Å². The second kappa shape index (κ2) is 7.12. The molecule has 0 saturated carbocycles. The highest BCUT2D eigenvalue weighted by atomic mass is 16.2. The van der Waals surface area contributed by atoms with E-state index in [0.717, 1.165) is 16.8 Å². The summed E-state index contributed by atoms with van der Waals surface area (Å²) < 4.78 is 0. The first-order valence-corrected chi connectivity index (χ1v) is 11.2. The van der Waals surface area contributed by atoms with Gasteiger partial charge >= 0.3 is 0 Å². The van der Waals surface area contributed by atoms with Crippen LogP contribution in [-0.4, -0.2) is 30.8 Å². The number of benzene rings is 3. The maximum absolute atomic E-state index is 13.9. The van der Waals surface area contributed by atoms with Gasteiger partial charge in [0.25, 0.3) is 5.91 Å². The van der Waals surface area contributed by atoms with E-state index < -0.39 is 17.4 Å². The lowest BCUT2D eigenvalue weighted by molar-refractivity contribution is -0.131. The number of nitrogens with one attached hydrogen (secondary N) is 1. The van der Waals surface area contributed by atoms with Crippen molar-refractivity contribution in [3.05, 3.63) is 96.1 Å². The molecule has 0 aliphatic carbocycles. The van der Waals surface area contributed by atoms with Crippen LogP contribution >= 0.6 is 0 Å². The molecule has 0 aromatic heterocycles. The van der Waals surface area contributed by atoms with Crippen molar-refractivity contribution in [1.29, 1.82) is 0 Å². The van der Waals surface area contributed by atoms with Crippen LogP contribution in [0.1, 0.15) is 11.1 Å². The van der Waals surface area contributed by atoms with Gasteiger partial charge in [-0.3, -0.25) is 19.7 Å². The lowest BCUT2D eigenvalue weighted by atomic mass is 9.76. The number of carbonyl (C=O) groups is 3. The lowest BCUT2D eigenvalue weighted by Gasteiger charge is -2.30. The van der Waals surface area contributed by atoms with Crippen LogP contribution in [0.15, 0.2) is 84.9 Å². The van der Waals surface area contributed by atoms with Gasteiger partial charge in [-0.25, -0.2) is 4.90 Å². The van der Waals surface area contributed by atoms with E-state index in [1.807, 2.05) is 72.8 Å². The molecular formula is C27H23N3O3. The first kappa shape index (κ1) is 19.9. The molecule has 2 saturated heterocycles. The van der Waals surface area contributed by atoms with Gasteiger partial charge in [0.2, 0.25) is 11.8 Å². The van der Waals surface area contributed by atoms with E-state index in [-0.39, 0.29) is 23.8 Å². The minimum absolute atomic E-state index is 0.190. The number of fused-ring (bicyclic) bond motifs is 4. The zero-order valence-electron chi connectivity index (χ0n) is 18.1. The summed E-state index contributed by atoms with van der Waals surface area (Å²) >= 11 is 0. The number of anilines is 2. The van der Waals surface area contributed by atoms with E-state index in [2.05, 4.69) is 5.32 Å². The molecule has 3 aromatic carbocycles. The number of amides is 3. The van der Waals surface area contributed by atoms with Gasteiger partial charge in [-0.1, -0.05) is 66.7 Å². The van der Waals surface area contributed by atoms with Crippen molar-refractivity contribution < 1.29 is 14.4 Å². The first-order valence-electron chi connectivity index (χ1n) is 11.2. The molecule has 3 amide bonds. The number of rotatable bonds is 3. The third kappa shape index (κ3) is 2.61. The Kier molecular flexibility index (Phi) is 4.29. The summed E-state index contributed by atoms with van der Waals surface area (Å²) in [6, 6.07) is 26.1. The average molecular weight is 437 g/mol. The van der Waals surface area contributed by atoms with Crippen LogP contribution in [0.25, 0.3) is 0 Å². The van der Waals surface area contributed by atoms with Gasteiger partial charge < -0.3 is 4.90 Å². The molecule has 6 nitrogen and oxygen atoms in total. The summed E-state index contributed by atoms with van der Waals surface area (Å²) in [6.07, 6.45) is 0.546. The SMILES string of the molecule is CN1C(=O)C2(NC(Cc3ccccc3)C3C(=O)N(c4ccccc4)C(=O)C32)c2ccccc21. The molecule has 6 heteroatoms. The number of carbonyl (C=O) groups excluding carboxylic acids is 3. The fourth-order valence-corrected chi connectivity index (χ4v) is 5.93. The van der Waals surface area contributed by atoms with Gasteiger partial charge in [0.1, 0.15) is 5.54 Å². The molecule has 1 spiro atoms. The first-order chi connectivity index (χ1) is 16.0. The fourth-order valence-electron chi connectivity index (χ4n) is 5.93. The predicted octanol–water partition coefficient (Wildman–Crippen LogP) is 2.88. The van der Waals surface area contributed by atoms with Crippen molar-refractivity contribution in [1.82, 2.24) is 5.32 Å². The Morgan fingerprint density at radius 2 is 1.45 bits per heavy atom. The largest absolute Gasteiger partial charge is 0.313 e. The topological polar surface area (TPSA) is 69.7 Å². The quantitative estimate of drug-likeness (QED) is 0.640. The lowest BCUT2D eigenvalue weighted by Crippen LogP contribution is -2.55. The second-order valence-electron chi connectivity index (χ2n) is 8.98. The third-order valence-corrected chi connectivity index (χ3v) is 7.31. The smallest absolute Gasteiger partial charge is 0.252 e. The second-order valence-corrected chi connectivity index (χ2v) is 8.98. The Balaban J connectivity index is 1.52. The van der Waals surface area contributed by atoms with Crippen molar-refractivity contribution in [3.8, 4) is 0 Å². The van der Waals surface area contributed by atoms with Gasteiger partial charge in [-0.05, 0) is 30.2 Å². The van der Waals surface area contributed by atoms with Crippen LogP contribution in [0, 0.1) is 11.8 Å². The maximum Gasteiger partial charge on any atom is 0.252 e. The van der Waals surface area contributed by atoms with Gasteiger partial charge in [-0.15, -0.1) is 0 Å². The Morgan fingerprint density at radius 3 is 2.18 bits per heavy atom. The number of para-hydroxylation sites is 2. The summed E-state index contributed by atoms with van der Waals surface area (Å²) in [5, 5.41) is 3.53. The average Bonchev–Trinajstić information content (AvgIpc) is 3.40. The molecule has 33 heavy (non-hydrogen) atoms. The van der Waals surface area contributed by atoms with E-state index >= 15 is 0 Å². The molecule has 0 radical (unpaired) electrons. The zero-order chi connectivity index (χ0) is 22.7. The van der Waals surface area contributed by atoms with Crippen LogP contribution < -0.4 is 15.1 Å². The van der Waals surface area contributed by atoms with Crippen LogP contribution in [-0.2, 0) is 26.3 Å². The maximum atomic E-state index is 13.9. The van der Waals surface area contributed by atoms with E-state index in [1.165, 1.54) is 4.90 Å². The number of nitrogens with zero attached hydrogens (tertiary/aromatic N) is 2. The highest BCUT2D eigenvalue weighted by molar-refractivity contribution is 6.26. The molecular weight excluding hydrogens is 414 g/mol. The number of hydrogen-bond acceptors (Lipinski definition) is 4. The standard InChI is InChI=1S/C27H23N3O3/c1-29-21-15-9-8-14-19(21)27(26(29)33)23-22(20(28-27)16-17-10-4-2-5-11-17)24(31)30(25(23)32)18-12-6-3-7-13-18/h2-15,20,22-23,28H,16H2,1H3. The van der Waals surface area contributed by atoms with E-state index in [4.69, 9.17) is 0 Å². The summed E-state index contributed by atoms with van der Waals surface area (Å²) in [7, 11) is 1.73. The summed E-state index contributed by atoms with van der Waals surface area (Å²) in [5.74, 6) is -2.21. The van der Waals surface area contributed by atoms with Crippen LogP contribution in [0.3, 0.4) is 0 Å². The van der Waals surface area contributed by atoms with Gasteiger partial charge in [-0.2, -0.15) is 0 Å². The van der Waals surface area contributed by atoms with E-state index in [9.17, 15) is 14.4 Å². The van der Waals surface area contributed by atoms with Crippen molar-refractivity contribution in [2.45, 2.75) is 18.0 Å². The van der Waals surface area contributed by atoms with Crippen LogP contribution in [0.2, 0.25) is 0 Å². The Hall–Kier alpha value is -3.77. The van der Waals surface area contributed by atoms with E-state index in [0.29, 0.717) is 12.1 Å². The Bertz CT molecular complexity index is 1280. The molecule has 3 heterocycles. The molecule has 6 rings (SSSR count). The highest BCUT2D eigenvalue weighted by Crippen LogP contribution is 2.55.